The van der Waals surface area contributed by atoms with E-state index in [2.05, 4.69) is 15.4 Å². The molecule has 0 radical (unpaired) electrons. The molecule has 0 saturated heterocycles. The Bertz CT molecular complexity index is 1210. The van der Waals surface area contributed by atoms with Crippen LogP contribution >= 0.6 is 23.2 Å². The summed E-state index contributed by atoms with van der Waals surface area (Å²) in [7, 11) is -2.52. The summed E-state index contributed by atoms with van der Waals surface area (Å²) in [6, 6.07) is 11.2. The minimum absolute atomic E-state index is 0.0534. The first kappa shape index (κ1) is 21.8. The first-order valence-electron chi connectivity index (χ1n) is 8.40. The minimum atomic E-state index is -3.77. The summed E-state index contributed by atoms with van der Waals surface area (Å²) < 4.78 is 31.2. The van der Waals surface area contributed by atoms with Crippen LogP contribution in [0.1, 0.15) is 20.9 Å². The summed E-state index contributed by atoms with van der Waals surface area (Å²) in [5.74, 6) is -1.15. The molecule has 1 aromatic heterocycles. The lowest BCUT2D eigenvalue weighted by Crippen LogP contribution is -2.20. The standard InChI is InChI=1S/C19H15Cl2N3O5S/c1-22-30(27,28)12-5-6-14(21)13(10-12)18(25)23-15-7-4-11(20)9-16(15)24-19(26)17-3-2-8-29-17/h2-10,22H,1H3,(H,23,25)(H,24,26). The highest BCUT2D eigenvalue weighted by atomic mass is 35.5. The van der Waals surface area contributed by atoms with Gasteiger partial charge in [-0.15, -0.1) is 0 Å². The number of halogens is 2. The summed E-state index contributed by atoms with van der Waals surface area (Å²) in [4.78, 5) is 24.9. The molecule has 11 heteroatoms. The van der Waals surface area contributed by atoms with Crippen molar-refractivity contribution in [3.63, 3.8) is 0 Å². The lowest BCUT2D eigenvalue weighted by atomic mass is 10.2. The molecule has 0 fully saturated rings. The van der Waals surface area contributed by atoms with Gasteiger partial charge in [-0.2, -0.15) is 0 Å². The van der Waals surface area contributed by atoms with Crippen LogP contribution in [0.2, 0.25) is 10.0 Å². The molecular formula is C19H15Cl2N3O5S. The molecule has 0 spiro atoms. The number of nitrogens with one attached hydrogen (secondary N) is 3. The van der Waals surface area contributed by atoms with Crippen molar-refractivity contribution in [3.8, 4) is 0 Å². The minimum Gasteiger partial charge on any atom is -0.459 e. The molecule has 0 aliphatic carbocycles. The number of furan rings is 1. The van der Waals surface area contributed by atoms with Gasteiger partial charge >= 0.3 is 0 Å². The fourth-order valence-corrected chi connectivity index (χ4v) is 3.60. The fourth-order valence-electron chi connectivity index (χ4n) is 2.47. The Morgan fingerprint density at radius 2 is 1.67 bits per heavy atom. The van der Waals surface area contributed by atoms with Crippen molar-refractivity contribution in [2.45, 2.75) is 4.90 Å². The maximum atomic E-state index is 12.8. The zero-order chi connectivity index (χ0) is 21.9. The second-order valence-electron chi connectivity index (χ2n) is 5.92. The molecule has 156 valence electrons. The summed E-state index contributed by atoms with van der Waals surface area (Å²) in [6.45, 7) is 0. The van der Waals surface area contributed by atoms with Crippen molar-refractivity contribution in [3.05, 3.63) is 76.2 Å². The molecule has 3 aromatic rings. The Balaban J connectivity index is 1.91. The molecule has 0 saturated carbocycles. The average Bonchev–Trinajstić information content (AvgIpc) is 3.25. The van der Waals surface area contributed by atoms with Gasteiger partial charge in [-0.05, 0) is 55.6 Å². The predicted octanol–water partition coefficient (Wildman–Crippen LogP) is 4.00. The van der Waals surface area contributed by atoms with E-state index in [9.17, 15) is 18.0 Å². The quantitative estimate of drug-likeness (QED) is 0.506. The van der Waals surface area contributed by atoms with Crippen molar-refractivity contribution < 1.29 is 22.4 Å². The van der Waals surface area contributed by atoms with Crippen LogP contribution < -0.4 is 15.4 Å². The van der Waals surface area contributed by atoms with Gasteiger partial charge in [0.2, 0.25) is 10.0 Å². The van der Waals surface area contributed by atoms with Gasteiger partial charge in [-0.3, -0.25) is 9.59 Å². The Morgan fingerprint density at radius 3 is 2.33 bits per heavy atom. The summed E-state index contributed by atoms with van der Waals surface area (Å²) in [5, 5.41) is 5.57. The molecule has 3 rings (SSSR count). The molecular weight excluding hydrogens is 453 g/mol. The van der Waals surface area contributed by atoms with Crippen LogP contribution in [0.3, 0.4) is 0 Å². The normalized spacial score (nSPS) is 11.2. The molecule has 8 nitrogen and oxygen atoms in total. The Morgan fingerprint density at radius 1 is 0.933 bits per heavy atom. The van der Waals surface area contributed by atoms with E-state index >= 15 is 0 Å². The van der Waals surface area contributed by atoms with E-state index in [1.165, 1.54) is 49.7 Å². The average molecular weight is 468 g/mol. The van der Waals surface area contributed by atoms with Crippen molar-refractivity contribution >= 4 is 56.4 Å². The van der Waals surface area contributed by atoms with Crippen molar-refractivity contribution in [1.29, 1.82) is 0 Å². The third-order valence-electron chi connectivity index (χ3n) is 3.98. The largest absolute Gasteiger partial charge is 0.459 e. The summed E-state index contributed by atoms with van der Waals surface area (Å²) in [5.41, 5.74) is 0.376. The number of hydrogen-bond acceptors (Lipinski definition) is 5. The molecule has 2 amide bonds. The second-order valence-corrected chi connectivity index (χ2v) is 8.65. The van der Waals surface area contributed by atoms with Gasteiger partial charge in [-0.1, -0.05) is 23.2 Å². The van der Waals surface area contributed by atoms with E-state index in [1.807, 2.05) is 0 Å². The van der Waals surface area contributed by atoms with Crippen LogP contribution in [0, 0.1) is 0 Å². The molecule has 0 bridgehead atoms. The van der Waals surface area contributed by atoms with E-state index < -0.39 is 21.8 Å². The topological polar surface area (TPSA) is 118 Å². The lowest BCUT2D eigenvalue weighted by Gasteiger charge is -2.13. The Labute approximate surface area is 182 Å². The predicted molar refractivity (Wildman–Crippen MR) is 114 cm³/mol. The van der Waals surface area contributed by atoms with Crippen molar-refractivity contribution in [2.75, 3.05) is 17.7 Å². The molecule has 30 heavy (non-hydrogen) atoms. The highest BCUT2D eigenvalue weighted by Crippen LogP contribution is 2.28. The molecule has 0 aliphatic rings. The number of rotatable bonds is 6. The van der Waals surface area contributed by atoms with Gasteiger partial charge in [0.25, 0.3) is 11.8 Å². The van der Waals surface area contributed by atoms with Gasteiger partial charge in [0.05, 0.1) is 33.1 Å². The van der Waals surface area contributed by atoms with Crippen LogP contribution in [0.25, 0.3) is 0 Å². The molecule has 1 heterocycles. The van der Waals surface area contributed by atoms with E-state index in [0.29, 0.717) is 5.02 Å². The van der Waals surface area contributed by atoms with Crippen LogP contribution in [0.5, 0.6) is 0 Å². The maximum absolute atomic E-state index is 12.8. The van der Waals surface area contributed by atoms with Gasteiger partial charge < -0.3 is 15.1 Å². The number of sulfonamides is 1. The maximum Gasteiger partial charge on any atom is 0.291 e. The van der Waals surface area contributed by atoms with Crippen LogP contribution in [-0.2, 0) is 10.0 Å². The van der Waals surface area contributed by atoms with Gasteiger partial charge in [0.15, 0.2) is 5.76 Å². The van der Waals surface area contributed by atoms with Crippen molar-refractivity contribution in [2.24, 2.45) is 0 Å². The van der Waals surface area contributed by atoms with E-state index in [-0.39, 0.29) is 32.6 Å². The monoisotopic (exact) mass is 467 g/mol. The number of benzene rings is 2. The van der Waals surface area contributed by atoms with Gasteiger partial charge in [0, 0.05) is 5.02 Å². The Hall–Kier alpha value is -2.85. The zero-order valence-electron chi connectivity index (χ0n) is 15.4. The molecule has 0 aliphatic heterocycles. The number of anilines is 2. The first-order valence-corrected chi connectivity index (χ1v) is 10.6. The van der Waals surface area contributed by atoms with E-state index in [4.69, 9.17) is 27.6 Å². The third-order valence-corrected chi connectivity index (χ3v) is 5.96. The SMILES string of the molecule is CNS(=O)(=O)c1ccc(Cl)c(C(=O)Nc2ccc(Cl)cc2NC(=O)c2ccco2)c1. The third kappa shape index (κ3) is 4.82. The highest BCUT2D eigenvalue weighted by molar-refractivity contribution is 7.89. The van der Waals surface area contributed by atoms with E-state index in [0.717, 1.165) is 6.07 Å². The number of carbonyl (C=O) groups is 2. The molecule has 0 unspecified atom stereocenters. The number of hydrogen-bond donors (Lipinski definition) is 3. The number of carbonyl (C=O) groups excluding carboxylic acids is 2. The summed E-state index contributed by atoms with van der Waals surface area (Å²) >= 11 is 12.1. The van der Waals surface area contributed by atoms with Crippen LogP contribution in [-0.4, -0.2) is 27.3 Å². The van der Waals surface area contributed by atoms with E-state index in [1.54, 1.807) is 6.07 Å². The molecule has 0 atom stereocenters. The highest BCUT2D eigenvalue weighted by Gasteiger charge is 2.19. The van der Waals surface area contributed by atoms with Crippen LogP contribution in [0.4, 0.5) is 11.4 Å². The van der Waals surface area contributed by atoms with Gasteiger partial charge in [0.1, 0.15) is 0 Å². The van der Waals surface area contributed by atoms with Gasteiger partial charge in [-0.25, -0.2) is 13.1 Å². The fraction of sp³-hybridized carbons (Fsp3) is 0.0526. The molecule has 2 aromatic carbocycles. The second kappa shape index (κ2) is 8.88. The summed E-state index contributed by atoms with van der Waals surface area (Å²) in [6.07, 6.45) is 1.35. The zero-order valence-corrected chi connectivity index (χ0v) is 17.7. The molecule has 3 N–H and O–H groups in total. The Kier molecular flexibility index (Phi) is 6.47. The van der Waals surface area contributed by atoms with Crippen LogP contribution in [0.15, 0.2) is 64.1 Å². The number of amides is 2. The smallest absolute Gasteiger partial charge is 0.291 e. The lowest BCUT2D eigenvalue weighted by molar-refractivity contribution is 0.0993. The van der Waals surface area contributed by atoms with Crippen molar-refractivity contribution in [1.82, 2.24) is 4.72 Å². The first-order chi connectivity index (χ1) is 14.2.